The van der Waals surface area contributed by atoms with Crippen LogP contribution < -0.4 is 15.4 Å². The van der Waals surface area contributed by atoms with E-state index in [1.807, 2.05) is 0 Å². The maximum Gasteiger partial charge on any atom is 0.257 e. The average molecular weight is 289 g/mol. The number of amides is 1. The Kier molecular flexibility index (Phi) is 4.71. The number of anilines is 2. The number of benzene rings is 1. The number of nitrogens with zero attached hydrogens (tertiary/aromatic N) is 1. The van der Waals surface area contributed by atoms with E-state index in [4.69, 9.17) is 4.74 Å². The summed E-state index contributed by atoms with van der Waals surface area (Å²) in [6.45, 7) is 2.16. The Morgan fingerprint density at radius 3 is 2.86 bits per heavy atom. The normalized spacial score (nSPS) is 10.0. The van der Waals surface area contributed by atoms with Crippen molar-refractivity contribution in [3.05, 3.63) is 48.0 Å². The van der Waals surface area contributed by atoms with E-state index in [2.05, 4.69) is 15.6 Å². The van der Waals surface area contributed by atoms with Gasteiger partial charge in [-0.2, -0.15) is 0 Å². The van der Waals surface area contributed by atoms with Gasteiger partial charge in [-0.05, 0) is 25.1 Å². The lowest BCUT2D eigenvalue weighted by Crippen LogP contribution is -2.14. The Hall–Kier alpha value is -2.63. The third kappa shape index (κ3) is 3.47. The fourth-order valence-corrected chi connectivity index (χ4v) is 1.84. The highest BCUT2D eigenvalue weighted by molar-refractivity contribution is 6.07. The summed E-state index contributed by atoms with van der Waals surface area (Å²) in [6, 6.07) is 5.89. The molecule has 2 rings (SSSR count). The molecule has 0 aliphatic heterocycles. The zero-order valence-electron chi connectivity index (χ0n) is 11.8. The number of pyridine rings is 1. The summed E-state index contributed by atoms with van der Waals surface area (Å²) in [5.74, 6) is -0.696. The van der Waals surface area contributed by atoms with Crippen LogP contribution in [0.1, 0.15) is 17.3 Å². The molecule has 0 aliphatic rings. The van der Waals surface area contributed by atoms with Crippen LogP contribution in [0.5, 0.6) is 5.75 Å². The summed E-state index contributed by atoms with van der Waals surface area (Å²) in [7, 11) is 1.70. The summed E-state index contributed by atoms with van der Waals surface area (Å²) in [4.78, 5) is 16.1. The Morgan fingerprint density at radius 2 is 2.19 bits per heavy atom. The summed E-state index contributed by atoms with van der Waals surface area (Å²) < 4.78 is 18.8. The second kappa shape index (κ2) is 6.69. The maximum atomic E-state index is 13.7. The first kappa shape index (κ1) is 14.8. The van der Waals surface area contributed by atoms with Crippen LogP contribution in [0.4, 0.5) is 15.8 Å². The van der Waals surface area contributed by atoms with Crippen LogP contribution in [0.25, 0.3) is 0 Å². The highest BCUT2D eigenvalue weighted by atomic mass is 19.1. The topological polar surface area (TPSA) is 63.2 Å². The van der Waals surface area contributed by atoms with E-state index in [1.54, 1.807) is 32.3 Å². The molecular weight excluding hydrogens is 273 g/mol. The van der Waals surface area contributed by atoms with Crippen molar-refractivity contribution in [2.24, 2.45) is 0 Å². The molecule has 110 valence electrons. The molecule has 0 fully saturated rings. The Labute approximate surface area is 122 Å². The quantitative estimate of drug-likeness (QED) is 0.888. The maximum absolute atomic E-state index is 13.7. The van der Waals surface area contributed by atoms with Crippen LogP contribution >= 0.6 is 0 Å². The molecule has 1 heterocycles. The Bertz CT molecular complexity index is 647. The van der Waals surface area contributed by atoms with Crippen molar-refractivity contribution in [3.63, 3.8) is 0 Å². The van der Waals surface area contributed by atoms with Crippen molar-refractivity contribution in [1.82, 2.24) is 4.98 Å². The van der Waals surface area contributed by atoms with Gasteiger partial charge in [0.2, 0.25) is 0 Å². The van der Waals surface area contributed by atoms with Gasteiger partial charge in [-0.1, -0.05) is 0 Å². The molecule has 1 amide bonds. The molecule has 0 atom stereocenters. The molecule has 6 heteroatoms. The van der Waals surface area contributed by atoms with E-state index >= 15 is 0 Å². The van der Waals surface area contributed by atoms with E-state index in [0.29, 0.717) is 23.5 Å². The first-order chi connectivity index (χ1) is 10.2. The first-order valence-corrected chi connectivity index (χ1v) is 6.51. The van der Waals surface area contributed by atoms with E-state index < -0.39 is 5.82 Å². The number of halogens is 1. The molecule has 21 heavy (non-hydrogen) atoms. The first-order valence-electron chi connectivity index (χ1n) is 6.51. The average Bonchev–Trinajstić information content (AvgIpc) is 2.50. The molecule has 1 aromatic carbocycles. The third-order valence-corrected chi connectivity index (χ3v) is 2.82. The number of hydrogen-bond donors (Lipinski definition) is 2. The van der Waals surface area contributed by atoms with E-state index in [9.17, 15) is 9.18 Å². The van der Waals surface area contributed by atoms with Gasteiger partial charge in [0.05, 0.1) is 24.1 Å². The lowest BCUT2D eigenvalue weighted by atomic mass is 10.2. The molecule has 0 saturated carbocycles. The van der Waals surface area contributed by atoms with Crippen molar-refractivity contribution in [2.75, 3.05) is 24.3 Å². The second-order valence-electron chi connectivity index (χ2n) is 4.20. The summed E-state index contributed by atoms with van der Waals surface area (Å²) in [5, 5.41) is 5.52. The van der Waals surface area contributed by atoms with Gasteiger partial charge in [0.25, 0.3) is 5.91 Å². The zero-order chi connectivity index (χ0) is 15.2. The van der Waals surface area contributed by atoms with Crippen LogP contribution in [0, 0.1) is 5.82 Å². The number of carbonyl (C=O) groups excluding carboxylic acids is 1. The molecular formula is C15H16FN3O2. The minimum absolute atomic E-state index is 0.162. The minimum Gasteiger partial charge on any atom is -0.491 e. The van der Waals surface area contributed by atoms with Gasteiger partial charge in [-0.25, -0.2) is 4.39 Å². The molecule has 0 bridgehead atoms. The highest BCUT2D eigenvalue weighted by Crippen LogP contribution is 2.22. The molecule has 0 radical (unpaired) electrons. The second-order valence-corrected chi connectivity index (χ2v) is 4.20. The number of ether oxygens (including phenoxy) is 1. The van der Waals surface area contributed by atoms with Crippen molar-refractivity contribution >= 4 is 17.3 Å². The van der Waals surface area contributed by atoms with Crippen LogP contribution in [0.15, 0.2) is 36.7 Å². The predicted molar refractivity (Wildman–Crippen MR) is 79.3 cm³/mol. The fraction of sp³-hybridized carbons (Fsp3) is 0.200. The van der Waals surface area contributed by atoms with Gasteiger partial charge in [-0.15, -0.1) is 0 Å². The van der Waals surface area contributed by atoms with Gasteiger partial charge in [-0.3, -0.25) is 9.78 Å². The lowest BCUT2D eigenvalue weighted by Gasteiger charge is -2.10. The van der Waals surface area contributed by atoms with Gasteiger partial charge >= 0.3 is 0 Å². The van der Waals surface area contributed by atoms with Gasteiger partial charge in [0, 0.05) is 25.0 Å². The number of carbonyl (C=O) groups is 1. The molecule has 2 aromatic rings. The van der Waals surface area contributed by atoms with E-state index in [1.165, 1.54) is 18.3 Å². The largest absolute Gasteiger partial charge is 0.491 e. The predicted octanol–water partition coefficient (Wildman–Crippen LogP) is 2.91. The van der Waals surface area contributed by atoms with E-state index in [0.717, 1.165) is 0 Å². The molecule has 2 N–H and O–H groups in total. The number of rotatable bonds is 5. The van der Waals surface area contributed by atoms with Gasteiger partial charge in [0.1, 0.15) is 0 Å². The SMILES string of the molecule is CCOc1ccc(NC(=O)c2ccncc2NC)cc1F. The lowest BCUT2D eigenvalue weighted by molar-refractivity contribution is 0.102. The Morgan fingerprint density at radius 1 is 1.38 bits per heavy atom. The van der Waals surface area contributed by atoms with Gasteiger partial charge < -0.3 is 15.4 Å². The minimum atomic E-state index is -0.516. The van der Waals surface area contributed by atoms with Crippen LogP contribution in [-0.2, 0) is 0 Å². The number of hydrogen-bond acceptors (Lipinski definition) is 4. The van der Waals surface area contributed by atoms with E-state index in [-0.39, 0.29) is 11.7 Å². The Balaban J connectivity index is 2.18. The molecule has 0 unspecified atom stereocenters. The fourth-order valence-electron chi connectivity index (χ4n) is 1.84. The summed E-state index contributed by atoms with van der Waals surface area (Å²) in [6.07, 6.45) is 3.07. The van der Waals surface area contributed by atoms with Gasteiger partial charge in [0.15, 0.2) is 11.6 Å². The van der Waals surface area contributed by atoms with Crippen molar-refractivity contribution in [3.8, 4) is 5.75 Å². The highest BCUT2D eigenvalue weighted by Gasteiger charge is 2.12. The summed E-state index contributed by atoms with van der Waals surface area (Å²) >= 11 is 0. The molecule has 0 aliphatic carbocycles. The van der Waals surface area contributed by atoms with Crippen molar-refractivity contribution in [1.29, 1.82) is 0 Å². The van der Waals surface area contributed by atoms with Crippen LogP contribution in [-0.4, -0.2) is 24.5 Å². The number of aromatic nitrogens is 1. The van der Waals surface area contributed by atoms with Crippen molar-refractivity contribution < 1.29 is 13.9 Å². The third-order valence-electron chi connectivity index (χ3n) is 2.82. The molecule has 0 spiro atoms. The van der Waals surface area contributed by atoms with Crippen LogP contribution in [0.3, 0.4) is 0 Å². The molecule has 5 nitrogen and oxygen atoms in total. The molecule has 0 saturated heterocycles. The van der Waals surface area contributed by atoms with Crippen LogP contribution in [0.2, 0.25) is 0 Å². The summed E-state index contributed by atoms with van der Waals surface area (Å²) in [5.41, 5.74) is 1.39. The van der Waals surface area contributed by atoms with Crippen molar-refractivity contribution in [2.45, 2.75) is 6.92 Å². The standard InChI is InChI=1S/C15H16FN3O2/c1-3-21-14-5-4-10(8-12(14)16)19-15(20)11-6-7-18-9-13(11)17-2/h4-9,17H,3H2,1-2H3,(H,19,20). The zero-order valence-corrected chi connectivity index (χ0v) is 11.8. The monoisotopic (exact) mass is 289 g/mol. The smallest absolute Gasteiger partial charge is 0.257 e. The molecule has 1 aromatic heterocycles. The number of nitrogens with one attached hydrogen (secondary N) is 2.